The van der Waals surface area contributed by atoms with E-state index < -0.39 is 16.5 Å². The van der Waals surface area contributed by atoms with Crippen LogP contribution in [0.3, 0.4) is 0 Å². The summed E-state index contributed by atoms with van der Waals surface area (Å²) < 4.78 is 0. The normalized spacial score (nSPS) is 10.1. The van der Waals surface area contributed by atoms with Gasteiger partial charge in [0.05, 0.1) is 22.3 Å². The molecule has 0 atom stereocenters. The summed E-state index contributed by atoms with van der Waals surface area (Å²) in [5.74, 6) is -0.703. The third kappa shape index (κ3) is 2.98. The number of benzene rings is 1. The molecule has 1 amide bonds. The highest BCUT2D eigenvalue weighted by Gasteiger charge is 2.20. The van der Waals surface area contributed by atoms with Crippen molar-refractivity contribution >= 4 is 40.7 Å². The summed E-state index contributed by atoms with van der Waals surface area (Å²) in [6.07, 6.45) is 2.67. The number of aromatic nitrogens is 3. The van der Waals surface area contributed by atoms with Crippen molar-refractivity contribution in [2.45, 2.75) is 0 Å². The zero-order chi connectivity index (χ0) is 14.7. The number of nitro groups is 1. The molecule has 1 aromatic carbocycles. The molecule has 10 heteroatoms. The topological polar surface area (TPSA) is 111 Å². The largest absolute Gasteiger partial charge is 0.290 e. The van der Waals surface area contributed by atoms with Crippen LogP contribution in [-0.4, -0.2) is 26.0 Å². The van der Waals surface area contributed by atoms with Gasteiger partial charge in [-0.3, -0.25) is 20.2 Å². The second kappa shape index (κ2) is 5.76. The fraction of sp³-hybridized carbons (Fsp3) is 0. The van der Waals surface area contributed by atoms with E-state index in [0.29, 0.717) is 0 Å². The van der Waals surface area contributed by atoms with Gasteiger partial charge >= 0.3 is 0 Å². The fourth-order valence-corrected chi connectivity index (χ4v) is 1.71. The zero-order valence-electron chi connectivity index (χ0n) is 9.58. The Balaban J connectivity index is 2.33. The van der Waals surface area contributed by atoms with Crippen molar-refractivity contribution in [3.63, 3.8) is 0 Å². The number of amides is 1. The van der Waals surface area contributed by atoms with Gasteiger partial charge in [0.1, 0.15) is 5.02 Å². The minimum Gasteiger partial charge on any atom is -0.289 e. The van der Waals surface area contributed by atoms with E-state index in [4.69, 9.17) is 23.2 Å². The second-order valence-electron chi connectivity index (χ2n) is 3.47. The number of carbonyl (C=O) groups is 1. The van der Waals surface area contributed by atoms with Crippen LogP contribution < -0.4 is 5.32 Å². The minimum atomic E-state index is -0.731. The Hall–Kier alpha value is -2.32. The van der Waals surface area contributed by atoms with Crippen LogP contribution in [0, 0.1) is 10.1 Å². The van der Waals surface area contributed by atoms with Gasteiger partial charge in [-0.25, -0.2) is 4.98 Å². The summed E-state index contributed by atoms with van der Waals surface area (Å²) in [5, 5.41) is 19.9. The van der Waals surface area contributed by atoms with Crippen molar-refractivity contribution in [2.75, 3.05) is 5.32 Å². The highest BCUT2D eigenvalue weighted by Crippen LogP contribution is 2.33. The third-order valence-electron chi connectivity index (χ3n) is 2.18. The quantitative estimate of drug-likeness (QED) is 0.687. The summed E-state index contributed by atoms with van der Waals surface area (Å²) in [6.45, 7) is 0. The molecule has 0 bridgehead atoms. The molecule has 0 fully saturated rings. The number of hydrogen-bond donors (Lipinski definition) is 1. The Bertz CT molecular complexity index is 680. The summed E-state index contributed by atoms with van der Waals surface area (Å²) >= 11 is 11.4. The Labute approximate surface area is 121 Å². The van der Waals surface area contributed by atoms with Crippen molar-refractivity contribution in [1.82, 2.24) is 15.2 Å². The molecular formula is C10H5Cl2N5O3. The summed E-state index contributed by atoms with van der Waals surface area (Å²) in [6, 6.07) is 2.22. The van der Waals surface area contributed by atoms with Crippen LogP contribution in [0.15, 0.2) is 24.5 Å². The molecule has 0 aliphatic heterocycles. The second-order valence-corrected chi connectivity index (χ2v) is 4.25. The van der Waals surface area contributed by atoms with Crippen molar-refractivity contribution in [3.05, 3.63) is 50.2 Å². The van der Waals surface area contributed by atoms with Gasteiger partial charge in [0.2, 0.25) is 5.95 Å². The molecule has 1 aromatic heterocycles. The summed E-state index contributed by atoms with van der Waals surface area (Å²) in [7, 11) is 0. The standard InChI is InChI=1S/C10H5Cl2N5O3/c11-6-3-5(4-7(8(6)12)17(19)20)9(18)15-10-13-1-2-14-16-10/h1-4H,(H,13,15,16,18). The molecule has 0 aliphatic carbocycles. The molecule has 0 radical (unpaired) electrons. The molecule has 0 saturated heterocycles. The average Bonchev–Trinajstić information content (AvgIpc) is 2.42. The van der Waals surface area contributed by atoms with E-state index in [1.807, 2.05) is 0 Å². The van der Waals surface area contributed by atoms with E-state index in [1.54, 1.807) is 0 Å². The monoisotopic (exact) mass is 313 g/mol. The first kappa shape index (κ1) is 14.1. The number of rotatable bonds is 3. The van der Waals surface area contributed by atoms with E-state index >= 15 is 0 Å². The number of nitro benzene ring substituents is 1. The van der Waals surface area contributed by atoms with Crippen molar-refractivity contribution in [2.24, 2.45) is 0 Å². The Morgan fingerprint density at radius 3 is 2.65 bits per heavy atom. The number of halogens is 2. The Morgan fingerprint density at radius 1 is 1.30 bits per heavy atom. The molecule has 102 valence electrons. The number of nitrogens with one attached hydrogen (secondary N) is 1. The van der Waals surface area contributed by atoms with E-state index in [1.165, 1.54) is 18.5 Å². The number of hydrogen-bond acceptors (Lipinski definition) is 6. The van der Waals surface area contributed by atoms with Crippen LogP contribution in [-0.2, 0) is 0 Å². The van der Waals surface area contributed by atoms with Crippen LogP contribution >= 0.6 is 23.2 Å². The van der Waals surface area contributed by atoms with Crippen LogP contribution in [0.25, 0.3) is 0 Å². The van der Waals surface area contributed by atoms with Crippen molar-refractivity contribution < 1.29 is 9.72 Å². The van der Waals surface area contributed by atoms with Crippen LogP contribution in [0.2, 0.25) is 10.0 Å². The Kier molecular flexibility index (Phi) is 4.06. The molecule has 20 heavy (non-hydrogen) atoms. The predicted octanol–water partition coefficient (Wildman–Crippen LogP) is 2.34. The van der Waals surface area contributed by atoms with Gasteiger partial charge in [0.15, 0.2) is 0 Å². The maximum Gasteiger partial charge on any atom is 0.290 e. The van der Waals surface area contributed by atoms with E-state index in [9.17, 15) is 14.9 Å². The Morgan fingerprint density at radius 2 is 2.05 bits per heavy atom. The number of anilines is 1. The summed E-state index contributed by atoms with van der Waals surface area (Å²) in [4.78, 5) is 25.7. The molecule has 0 saturated carbocycles. The van der Waals surface area contributed by atoms with Crippen molar-refractivity contribution in [1.29, 1.82) is 0 Å². The van der Waals surface area contributed by atoms with Gasteiger partial charge in [-0.15, -0.1) is 5.10 Å². The molecule has 2 rings (SSSR count). The maximum absolute atomic E-state index is 11.9. The lowest BCUT2D eigenvalue weighted by Gasteiger charge is -2.04. The smallest absolute Gasteiger partial charge is 0.289 e. The highest BCUT2D eigenvalue weighted by atomic mass is 35.5. The van der Waals surface area contributed by atoms with Gasteiger partial charge in [-0.05, 0) is 6.07 Å². The number of nitrogens with zero attached hydrogens (tertiary/aromatic N) is 4. The van der Waals surface area contributed by atoms with Gasteiger partial charge < -0.3 is 0 Å². The molecule has 0 spiro atoms. The first-order valence-corrected chi connectivity index (χ1v) is 5.83. The van der Waals surface area contributed by atoms with Gasteiger partial charge in [-0.1, -0.05) is 23.2 Å². The molecule has 1 heterocycles. The lowest BCUT2D eigenvalue weighted by molar-refractivity contribution is -0.384. The lowest BCUT2D eigenvalue weighted by atomic mass is 10.2. The molecule has 0 aliphatic rings. The molecular weight excluding hydrogens is 309 g/mol. The lowest BCUT2D eigenvalue weighted by Crippen LogP contribution is -2.14. The number of carbonyl (C=O) groups excluding carboxylic acids is 1. The van der Waals surface area contributed by atoms with Crippen LogP contribution in [0.1, 0.15) is 10.4 Å². The average molecular weight is 314 g/mol. The third-order valence-corrected chi connectivity index (χ3v) is 2.97. The summed E-state index contributed by atoms with van der Waals surface area (Å²) in [5.41, 5.74) is -0.505. The SMILES string of the molecule is O=C(Nc1nccnn1)c1cc(Cl)c(Cl)c([N+](=O)[O-])c1. The van der Waals surface area contributed by atoms with E-state index in [0.717, 1.165) is 6.07 Å². The van der Waals surface area contributed by atoms with Gasteiger partial charge in [0, 0.05) is 11.6 Å². The molecule has 1 N–H and O–H groups in total. The highest BCUT2D eigenvalue weighted by molar-refractivity contribution is 6.43. The van der Waals surface area contributed by atoms with Gasteiger partial charge in [0.25, 0.3) is 11.6 Å². The van der Waals surface area contributed by atoms with Crippen LogP contribution in [0.4, 0.5) is 11.6 Å². The predicted molar refractivity (Wildman–Crippen MR) is 70.9 cm³/mol. The van der Waals surface area contributed by atoms with Crippen molar-refractivity contribution in [3.8, 4) is 0 Å². The first-order valence-electron chi connectivity index (χ1n) is 5.07. The molecule has 8 nitrogen and oxygen atoms in total. The van der Waals surface area contributed by atoms with Crippen LogP contribution in [0.5, 0.6) is 0 Å². The van der Waals surface area contributed by atoms with Gasteiger partial charge in [-0.2, -0.15) is 5.10 Å². The minimum absolute atomic E-state index is 0.0359. The van der Waals surface area contributed by atoms with E-state index in [2.05, 4.69) is 20.5 Å². The first-order chi connectivity index (χ1) is 9.49. The molecule has 2 aromatic rings. The fourth-order valence-electron chi connectivity index (χ4n) is 1.32. The maximum atomic E-state index is 11.9. The zero-order valence-corrected chi connectivity index (χ0v) is 11.1. The van der Waals surface area contributed by atoms with E-state index in [-0.39, 0.29) is 21.6 Å². The molecule has 0 unspecified atom stereocenters.